The molecule has 2 rings (SSSR count). The van der Waals surface area contributed by atoms with Crippen LogP contribution in [0, 0.1) is 5.41 Å². The zero-order valence-corrected chi connectivity index (χ0v) is 12.6. The number of nitrogens with one attached hydrogen (secondary N) is 2. The Morgan fingerprint density at radius 3 is 2.95 bits per heavy atom. The van der Waals surface area contributed by atoms with Gasteiger partial charge in [0.05, 0.1) is 25.0 Å². The maximum atomic E-state index is 12.4. The normalized spacial score (nSPS) is 23.3. The minimum absolute atomic E-state index is 0.00944. The van der Waals surface area contributed by atoms with Crippen LogP contribution in [0.1, 0.15) is 30.7 Å². The first-order chi connectivity index (χ1) is 9.55. The minimum atomic E-state index is -0.397. The summed E-state index contributed by atoms with van der Waals surface area (Å²) in [5.41, 5.74) is -0.397. The number of esters is 1. The van der Waals surface area contributed by atoms with Crippen molar-refractivity contribution < 1.29 is 14.3 Å². The van der Waals surface area contributed by atoms with Gasteiger partial charge in [-0.15, -0.1) is 11.3 Å². The van der Waals surface area contributed by atoms with E-state index in [4.69, 9.17) is 4.74 Å². The molecule has 1 aromatic heterocycles. The Bertz CT molecular complexity index is 467. The molecule has 2 unspecified atom stereocenters. The molecule has 0 aliphatic carbocycles. The second kappa shape index (κ2) is 6.37. The smallest absolute Gasteiger partial charge is 0.307 e. The zero-order chi connectivity index (χ0) is 14.6. The van der Waals surface area contributed by atoms with Gasteiger partial charge in [-0.2, -0.15) is 0 Å². The van der Waals surface area contributed by atoms with Crippen LogP contribution in [0.15, 0.2) is 17.5 Å². The third-order valence-corrected chi connectivity index (χ3v) is 4.69. The highest BCUT2D eigenvalue weighted by Crippen LogP contribution is 2.28. The van der Waals surface area contributed by atoms with Crippen LogP contribution in [0.2, 0.25) is 0 Å². The number of thiophene rings is 1. The molecule has 110 valence electrons. The summed E-state index contributed by atoms with van der Waals surface area (Å²) in [7, 11) is 1.36. The Kier molecular flexibility index (Phi) is 4.77. The number of rotatable bonds is 5. The first kappa shape index (κ1) is 15.0. The summed E-state index contributed by atoms with van der Waals surface area (Å²) in [5.74, 6) is -0.330. The van der Waals surface area contributed by atoms with E-state index in [-0.39, 0.29) is 24.3 Å². The average molecular weight is 296 g/mol. The van der Waals surface area contributed by atoms with E-state index in [1.807, 2.05) is 24.4 Å². The van der Waals surface area contributed by atoms with E-state index in [0.29, 0.717) is 6.54 Å². The molecule has 1 aromatic rings. The van der Waals surface area contributed by atoms with Crippen molar-refractivity contribution in [3.8, 4) is 0 Å². The Labute approximate surface area is 122 Å². The number of carbonyl (C=O) groups excluding carboxylic acids is 2. The third-order valence-electron chi connectivity index (χ3n) is 3.71. The zero-order valence-electron chi connectivity index (χ0n) is 11.8. The molecule has 1 fully saturated rings. The van der Waals surface area contributed by atoms with Crippen LogP contribution in [-0.4, -0.2) is 32.1 Å². The SMILES string of the molecule is COC(=O)CC(NC(=O)C1(C)CCNC1)c1cccs1. The van der Waals surface area contributed by atoms with Crippen molar-refractivity contribution >= 4 is 23.2 Å². The van der Waals surface area contributed by atoms with E-state index in [9.17, 15) is 9.59 Å². The number of hydrogen-bond donors (Lipinski definition) is 2. The largest absolute Gasteiger partial charge is 0.469 e. The van der Waals surface area contributed by atoms with E-state index >= 15 is 0 Å². The van der Waals surface area contributed by atoms with E-state index < -0.39 is 5.41 Å². The summed E-state index contributed by atoms with van der Waals surface area (Å²) < 4.78 is 4.71. The predicted molar refractivity (Wildman–Crippen MR) is 77.4 cm³/mol. The van der Waals surface area contributed by atoms with Crippen LogP contribution in [0.3, 0.4) is 0 Å². The standard InChI is InChI=1S/C14H20N2O3S/c1-14(5-6-15-9-14)13(18)16-10(8-12(17)19-2)11-4-3-7-20-11/h3-4,7,10,15H,5-6,8-9H2,1-2H3,(H,16,18). The third kappa shape index (κ3) is 3.37. The van der Waals surface area contributed by atoms with Gasteiger partial charge in [0.2, 0.25) is 5.91 Å². The number of hydrogen-bond acceptors (Lipinski definition) is 5. The molecule has 1 aliphatic rings. The van der Waals surface area contributed by atoms with Crippen LogP contribution in [0.5, 0.6) is 0 Å². The molecule has 0 saturated carbocycles. The van der Waals surface area contributed by atoms with Crippen molar-refractivity contribution in [2.75, 3.05) is 20.2 Å². The second-order valence-corrected chi connectivity index (χ2v) is 6.29. The van der Waals surface area contributed by atoms with Gasteiger partial charge in [-0.05, 0) is 31.3 Å². The van der Waals surface area contributed by atoms with Crippen LogP contribution >= 0.6 is 11.3 Å². The molecule has 20 heavy (non-hydrogen) atoms. The fraction of sp³-hybridized carbons (Fsp3) is 0.571. The van der Waals surface area contributed by atoms with E-state index in [1.165, 1.54) is 18.4 Å². The molecule has 5 nitrogen and oxygen atoms in total. The highest BCUT2D eigenvalue weighted by Gasteiger charge is 2.37. The van der Waals surface area contributed by atoms with Gasteiger partial charge < -0.3 is 15.4 Å². The number of ether oxygens (including phenoxy) is 1. The summed E-state index contributed by atoms with van der Waals surface area (Å²) in [5, 5.41) is 8.14. The predicted octanol–water partition coefficient (Wildman–Crippen LogP) is 1.47. The molecule has 0 spiro atoms. The van der Waals surface area contributed by atoms with Gasteiger partial charge in [0.15, 0.2) is 0 Å². The van der Waals surface area contributed by atoms with Crippen molar-refractivity contribution in [1.82, 2.24) is 10.6 Å². The van der Waals surface area contributed by atoms with Gasteiger partial charge in [0.1, 0.15) is 0 Å². The number of methoxy groups -OCH3 is 1. The summed E-state index contributed by atoms with van der Waals surface area (Å²) in [4.78, 5) is 24.9. The molecule has 2 heterocycles. The van der Waals surface area contributed by atoms with Gasteiger partial charge in [-0.25, -0.2) is 0 Å². The quantitative estimate of drug-likeness (QED) is 0.808. The average Bonchev–Trinajstić information content (AvgIpc) is 3.09. The maximum Gasteiger partial charge on any atom is 0.307 e. The van der Waals surface area contributed by atoms with Crippen LogP contribution in [0.4, 0.5) is 0 Å². The van der Waals surface area contributed by atoms with Gasteiger partial charge in [-0.3, -0.25) is 9.59 Å². The Balaban J connectivity index is 2.07. The molecule has 2 atom stereocenters. The van der Waals surface area contributed by atoms with Crippen molar-refractivity contribution in [3.63, 3.8) is 0 Å². The van der Waals surface area contributed by atoms with Gasteiger partial charge in [0.25, 0.3) is 0 Å². The molecular weight excluding hydrogens is 276 g/mol. The van der Waals surface area contributed by atoms with Gasteiger partial charge in [0, 0.05) is 11.4 Å². The fourth-order valence-corrected chi connectivity index (χ4v) is 3.08. The molecule has 0 aromatic carbocycles. The Morgan fingerprint density at radius 2 is 2.40 bits per heavy atom. The molecule has 1 saturated heterocycles. The van der Waals surface area contributed by atoms with Crippen LogP contribution in [0.25, 0.3) is 0 Å². The summed E-state index contributed by atoms with van der Waals surface area (Å²) >= 11 is 1.53. The van der Waals surface area contributed by atoms with E-state index in [1.54, 1.807) is 0 Å². The Morgan fingerprint density at radius 1 is 1.60 bits per heavy atom. The Hall–Kier alpha value is -1.40. The lowest BCUT2D eigenvalue weighted by molar-refractivity contribution is -0.141. The topological polar surface area (TPSA) is 67.4 Å². The van der Waals surface area contributed by atoms with Gasteiger partial charge in [-0.1, -0.05) is 6.07 Å². The van der Waals surface area contributed by atoms with Crippen LogP contribution < -0.4 is 10.6 Å². The lowest BCUT2D eigenvalue weighted by atomic mass is 9.88. The summed E-state index contributed by atoms with van der Waals surface area (Å²) in [6, 6.07) is 3.52. The summed E-state index contributed by atoms with van der Waals surface area (Å²) in [6.07, 6.45) is 0.973. The van der Waals surface area contributed by atoms with Crippen LogP contribution in [-0.2, 0) is 14.3 Å². The van der Waals surface area contributed by atoms with Crippen molar-refractivity contribution in [2.45, 2.75) is 25.8 Å². The van der Waals surface area contributed by atoms with Crippen molar-refractivity contribution in [3.05, 3.63) is 22.4 Å². The monoisotopic (exact) mass is 296 g/mol. The molecule has 1 amide bonds. The summed E-state index contributed by atoms with van der Waals surface area (Å²) in [6.45, 7) is 3.48. The van der Waals surface area contributed by atoms with E-state index in [2.05, 4.69) is 10.6 Å². The number of carbonyl (C=O) groups is 2. The maximum absolute atomic E-state index is 12.4. The lowest BCUT2D eigenvalue weighted by Gasteiger charge is -2.25. The van der Waals surface area contributed by atoms with E-state index in [0.717, 1.165) is 17.8 Å². The van der Waals surface area contributed by atoms with Gasteiger partial charge >= 0.3 is 5.97 Å². The highest BCUT2D eigenvalue weighted by atomic mass is 32.1. The molecule has 2 N–H and O–H groups in total. The molecule has 6 heteroatoms. The molecule has 1 aliphatic heterocycles. The molecule has 0 radical (unpaired) electrons. The minimum Gasteiger partial charge on any atom is -0.469 e. The fourth-order valence-electron chi connectivity index (χ4n) is 2.31. The lowest BCUT2D eigenvalue weighted by Crippen LogP contribution is -2.42. The molecule has 0 bridgehead atoms. The molecular formula is C14H20N2O3S. The second-order valence-electron chi connectivity index (χ2n) is 5.31. The number of amides is 1. The van der Waals surface area contributed by atoms with Crippen molar-refractivity contribution in [2.24, 2.45) is 5.41 Å². The van der Waals surface area contributed by atoms with Crippen molar-refractivity contribution in [1.29, 1.82) is 0 Å². The first-order valence-electron chi connectivity index (χ1n) is 6.67. The highest BCUT2D eigenvalue weighted by molar-refractivity contribution is 7.10. The first-order valence-corrected chi connectivity index (χ1v) is 7.55.